The molecule has 6 heteroatoms. The van der Waals surface area contributed by atoms with E-state index in [1.165, 1.54) is 96.4 Å². The zero-order valence-electron chi connectivity index (χ0n) is 45.4. The van der Waals surface area contributed by atoms with Gasteiger partial charge in [-0.15, -0.1) is 0 Å². The lowest BCUT2D eigenvalue weighted by atomic mass is 9.86. The highest BCUT2D eigenvalue weighted by Gasteiger charge is 2.60. The van der Waals surface area contributed by atoms with Gasteiger partial charge in [-0.25, -0.2) is 0 Å². The van der Waals surface area contributed by atoms with Crippen molar-refractivity contribution in [1.29, 1.82) is 0 Å². The summed E-state index contributed by atoms with van der Waals surface area (Å²) in [6.45, 7) is 27.0. The molecule has 6 nitrogen and oxygen atoms in total. The summed E-state index contributed by atoms with van der Waals surface area (Å²) in [6, 6.07) is 62.4. The number of quaternary nitrogens is 3. The first-order valence-electron chi connectivity index (χ1n) is 28.1. The van der Waals surface area contributed by atoms with Crippen molar-refractivity contribution in [2.24, 2.45) is 10.8 Å². The van der Waals surface area contributed by atoms with Crippen LogP contribution in [0.5, 0.6) is 0 Å². The van der Waals surface area contributed by atoms with Gasteiger partial charge in [0.05, 0.1) is 51.7 Å². The summed E-state index contributed by atoms with van der Waals surface area (Å²) in [5, 5.41) is 0. The van der Waals surface area contributed by atoms with Crippen molar-refractivity contribution in [1.82, 2.24) is 4.90 Å². The first-order valence-corrected chi connectivity index (χ1v) is 28.1. The molecule has 5 aliphatic rings. The maximum Gasteiger partial charge on any atom is 0.171 e. The summed E-state index contributed by atoms with van der Waals surface area (Å²) in [5.41, 5.74) is 12.5. The van der Waals surface area contributed by atoms with Crippen LogP contribution in [0.15, 0.2) is 170 Å². The molecule has 6 aromatic rings. The van der Waals surface area contributed by atoms with E-state index < -0.39 is 5.79 Å². The lowest BCUT2D eigenvalue weighted by molar-refractivity contribution is -0.949. The van der Waals surface area contributed by atoms with Crippen LogP contribution in [0.4, 0.5) is 0 Å². The molecule has 3 saturated heterocycles. The Bertz CT molecular complexity index is 2540. The predicted molar refractivity (Wildman–Crippen MR) is 299 cm³/mol. The summed E-state index contributed by atoms with van der Waals surface area (Å²) in [5.74, 6) is -0.667. The van der Waals surface area contributed by atoms with Crippen LogP contribution in [0.25, 0.3) is 0 Å². The van der Waals surface area contributed by atoms with Gasteiger partial charge in [0.25, 0.3) is 0 Å². The molecule has 2 unspecified atom stereocenters. The van der Waals surface area contributed by atoms with Crippen LogP contribution in [0.1, 0.15) is 92.0 Å². The largest absolute Gasteiger partial charge is 0.342 e. The molecule has 0 saturated carbocycles. The van der Waals surface area contributed by atoms with Gasteiger partial charge < -0.3 is 22.9 Å². The third kappa shape index (κ3) is 12.3. The molecule has 0 radical (unpaired) electrons. The van der Waals surface area contributed by atoms with E-state index in [4.69, 9.17) is 9.47 Å². The molecule has 4 atom stereocenters. The van der Waals surface area contributed by atoms with Crippen LogP contribution >= 0.6 is 0 Å². The van der Waals surface area contributed by atoms with Gasteiger partial charge in [-0.3, -0.25) is 4.90 Å². The molecule has 3 fully saturated rings. The second kappa shape index (κ2) is 21.7. The smallest absolute Gasteiger partial charge is 0.171 e. The van der Waals surface area contributed by atoms with Crippen LogP contribution < -0.4 is 0 Å². The van der Waals surface area contributed by atoms with E-state index in [1.807, 2.05) is 0 Å². The van der Waals surface area contributed by atoms with Crippen molar-refractivity contribution in [3.05, 3.63) is 214 Å². The Balaban J connectivity index is 0.000000202. The standard InChI is InChI=1S/C44H59N2O2.C23H28N2/c1-36(33-40-25-17-10-18-26-40)45(30-27-37-19-11-7-12-20-37)34-41-42(48-44(5,47-41)43(2,3)4)35-46(6,31-28-38-21-13-8-14-22-38)32-29-39-23-15-9-16-24-39;1-2-6-20-14-24(13-19(20)5-1)11-9-23(17-24)10-12-25(18-23)15-21-7-3-4-8-22(21)16-25/h7-26,36,41-42H,27-35H2,1-6H3;1-8H,9-18H2/q+1;+2/t36?,41-,42-,44?;/m0./s1. The van der Waals surface area contributed by atoms with Crippen LogP contribution in [-0.4, -0.2) is 108 Å². The van der Waals surface area contributed by atoms with E-state index >= 15 is 0 Å². The van der Waals surface area contributed by atoms with Crippen LogP contribution in [-0.2, 0) is 61.3 Å². The summed E-state index contributed by atoms with van der Waals surface area (Å²) in [7, 11) is 2.43. The minimum atomic E-state index is -0.667. The van der Waals surface area contributed by atoms with Crippen LogP contribution in [0, 0.1) is 10.8 Å². The van der Waals surface area contributed by atoms with E-state index in [0.717, 1.165) is 62.9 Å². The Morgan fingerprint density at radius 3 is 1.36 bits per heavy atom. The van der Waals surface area contributed by atoms with E-state index in [9.17, 15) is 0 Å². The van der Waals surface area contributed by atoms with Gasteiger partial charge >= 0.3 is 0 Å². The predicted octanol–water partition coefficient (Wildman–Crippen LogP) is 12.5. The highest BCUT2D eigenvalue weighted by atomic mass is 16.8. The second-order valence-corrected chi connectivity index (χ2v) is 25.1. The van der Waals surface area contributed by atoms with Crippen molar-refractivity contribution in [3.63, 3.8) is 0 Å². The second-order valence-electron chi connectivity index (χ2n) is 25.1. The SMILES string of the molecule is CC(Cc1ccccc1)N(CCc1ccccc1)C[C@@H]1OC(C)(C(C)(C)C)O[C@H]1C[N+](C)(CCc1ccccc1)CCc1ccccc1.c1ccc2c(c1)C[N+]1(CCC3(CC[N+]4(Cc5ccccc5C4)C3)C1)C2. The summed E-state index contributed by atoms with van der Waals surface area (Å²) in [6.07, 6.45) is 6.96. The van der Waals surface area contributed by atoms with Gasteiger partial charge in [0, 0.05) is 72.5 Å². The Kier molecular flexibility index (Phi) is 15.4. The fourth-order valence-electron chi connectivity index (χ4n) is 13.8. The third-order valence-corrected chi connectivity index (χ3v) is 18.5. The molecule has 5 heterocycles. The molecule has 73 heavy (non-hydrogen) atoms. The van der Waals surface area contributed by atoms with Crippen LogP contribution in [0.2, 0.25) is 0 Å². The van der Waals surface area contributed by atoms with Gasteiger partial charge in [0.15, 0.2) is 5.79 Å². The number of benzene rings is 6. The lowest BCUT2D eigenvalue weighted by Crippen LogP contribution is -2.55. The zero-order valence-corrected chi connectivity index (χ0v) is 45.4. The van der Waals surface area contributed by atoms with E-state index in [1.54, 1.807) is 22.3 Å². The molecule has 3 spiro atoms. The van der Waals surface area contributed by atoms with Crippen LogP contribution in [0.3, 0.4) is 0 Å². The molecule has 5 aliphatic heterocycles. The average Bonchev–Trinajstić information content (AvgIpc) is 4.21. The van der Waals surface area contributed by atoms with Crippen molar-refractivity contribution in [2.45, 2.75) is 123 Å². The van der Waals surface area contributed by atoms with Gasteiger partial charge in [-0.1, -0.05) is 191 Å². The minimum Gasteiger partial charge on any atom is -0.342 e. The Labute approximate surface area is 440 Å². The Morgan fingerprint density at radius 2 is 0.932 bits per heavy atom. The zero-order chi connectivity index (χ0) is 50.6. The van der Waals surface area contributed by atoms with Gasteiger partial charge in [0.1, 0.15) is 44.9 Å². The normalized spacial score (nSPS) is 22.7. The van der Waals surface area contributed by atoms with E-state index in [2.05, 4.69) is 216 Å². The number of hydrogen-bond acceptors (Lipinski definition) is 3. The van der Waals surface area contributed by atoms with Gasteiger partial charge in [0.2, 0.25) is 0 Å². The average molecular weight is 980 g/mol. The molecule has 0 N–H and O–H groups in total. The monoisotopic (exact) mass is 980 g/mol. The minimum absolute atomic E-state index is 0.0195. The number of nitrogens with zero attached hydrogens (tertiary/aromatic N) is 4. The Hall–Kier alpha value is -4.92. The maximum absolute atomic E-state index is 7.12. The molecule has 6 aromatic carbocycles. The maximum atomic E-state index is 7.12. The fraction of sp³-hybridized carbons (Fsp3) is 0.463. The summed E-state index contributed by atoms with van der Waals surface area (Å²) >= 11 is 0. The fourth-order valence-corrected chi connectivity index (χ4v) is 13.8. The highest BCUT2D eigenvalue weighted by Crippen LogP contribution is 2.51. The number of ether oxygens (including phenoxy) is 2. The topological polar surface area (TPSA) is 21.7 Å². The third-order valence-electron chi connectivity index (χ3n) is 18.5. The van der Waals surface area contributed by atoms with Crippen molar-refractivity contribution >= 4 is 0 Å². The highest BCUT2D eigenvalue weighted by molar-refractivity contribution is 5.30. The van der Waals surface area contributed by atoms with E-state index in [0.29, 0.717) is 11.5 Å². The lowest BCUT2D eigenvalue weighted by Gasteiger charge is -2.39. The number of likely N-dealkylation sites (N-methyl/N-ethyl adjacent to an activating group) is 1. The Morgan fingerprint density at radius 1 is 0.548 bits per heavy atom. The molecule has 0 aromatic heterocycles. The number of fused-ring (bicyclic) bond motifs is 2. The van der Waals surface area contributed by atoms with Crippen molar-refractivity contribution in [3.8, 4) is 0 Å². The van der Waals surface area contributed by atoms with Gasteiger partial charge in [-0.05, 0) is 48.9 Å². The first kappa shape index (κ1) is 51.6. The molecule has 384 valence electrons. The van der Waals surface area contributed by atoms with E-state index in [-0.39, 0.29) is 17.6 Å². The molecule has 0 bridgehead atoms. The summed E-state index contributed by atoms with van der Waals surface area (Å²) in [4.78, 5) is 2.66. The molecule has 0 aliphatic carbocycles. The molecule has 0 amide bonds. The first-order chi connectivity index (χ1) is 35.2. The van der Waals surface area contributed by atoms with Crippen molar-refractivity contribution in [2.75, 3.05) is 66.0 Å². The van der Waals surface area contributed by atoms with Crippen molar-refractivity contribution < 1.29 is 22.9 Å². The van der Waals surface area contributed by atoms with Gasteiger partial charge in [-0.2, -0.15) is 0 Å². The number of hydrogen-bond donors (Lipinski definition) is 0. The molecular formula is C67H87N4O2+3. The molecule has 11 rings (SSSR count). The summed E-state index contributed by atoms with van der Waals surface area (Å²) < 4.78 is 17.9. The quantitative estimate of drug-likeness (QED) is 0.0902. The molecular weight excluding hydrogens is 893 g/mol. The number of rotatable bonds is 16.